The van der Waals surface area contributed by atoms with Crippen molar-refractivity contribution in [3.63, 3.8) is 0 Å². The second kappa shape index (κ2) is 30.3. The van der Waals surface area contributed by atoms with E-state index in [1.54, 1.807) is 0 Å². The molecule has 0 aliphatic carbocycles. The first-order chi connectivity index (χ1) is 11.3. The molecule has 10 heteroatoms. The third-order valence-corrected chi connectivity index (χ3v) is 4.88. The molecule has 0 amide bonds. The van der Waals surface area contributed by atoms with Crippen LogP contribution in [-0.4, -0.2) is 18.5 Å². The monoisotopic (exact) mass is 544 g/mol. The maximum atomic E-state index is 9.91. The molecule has 0 fully saturated rings. The van der Waals surface area contributed by atoms with E-state index in [0.29, 0.717) is 18.5 Å². The molecule has 0 heterocycles. The Balaban J connectivity index is -0.000000130. The molecule has 0 saturated carbocycles. The zero-order chi connectivity index (χ0) is 19.2. The van der Waals surface area contributed by atoms with Crippen molar-refractivity contribution in [2.24, 2.45) is 0 Å². The number of hydrogen-bond acceptors (Lipinski definition) is 6. The van der Waals surface area contributed by atoms with Crippen LogP contribution in [0.5, 0.6) is 0 Å². The molecule has 3 unspecified atom stereocenters. The fourth-order valence-corrected chi connectivity index (χ4v) is 2.92. The van der Waals surface area contributed by atoms with Crippen molar-refractivity contribution in [3.05, 3.63) is 0 Å². The Morgan fingerprint density at radius 3 is 0.840 bits per heavy atom. The molecule has 6 nitrogen and oxygen atoms in total. The van der Waals surface area contributed by atoms with Crippen molar-refractivity contribution in [2.45, 2.75) is 78.6 Å². The van der Waals surface area contributed by atoms with Crippen LogP contribution in [0.1, 0.15) is 78.6 Å². The number of unbranched alkanes of at least 4 members (excludes halogenated alkanes) is 6. The van der Waals surface area contributed by atoms with Crippen LogP contribution in [0.15, 0.2) is 0 Å². The van der Waals surface area contributed by atoms with Gasteiger partial charge in [-0.15, -0.1) is 0 Å². The molecule has 0 aromatic heterocycles. The molecule has 0 saturated heterocycles. The van der Waals surface area contributed by atoms with Crippen LogP contribution in [0.25, 0.3) is 0 Å². The maximum absolute atomic E-state index is 9.91. The van der Waals surface area contributed by atoms with E-state index in [2.05, 4.69) is 20.8 Å². The van der Waals surface area contributed by atoms with E-state index in [4.69, 9.17) is 0 Å². The van der Waals surface area contributed by atoms with E-state index >= 15 is 0 Å². The molecular formula is C15H33NdO6P3+3. The molecule has 0 bridgehead atoms. The molecule has 1 radical (unpaired) electrons. The predicted octanol–water partition coefficient (Wildman–Crippen LogP) is 3.84. The van der Waals surface area contributed by atoms with Crippen molar-refractivity contribution in [1.82, 2.24) is 0 Å². The van der Waals surface area contributed by atoms with Crippen LogP contribution in [-0.2, 0) is 13.7 Å². The zero-order valence-electron chi connectivity index (χ0n) is 15.8. The fourth-order valence-electron chi connectivity index (χ4n) is 1.47. The van der Waals surface area contributed by atoms with Crippen LogP contribution in [0.2, 0.25) is 0 Å². The summed E-state index contributed by atoms with van der Waals surface area (Å²) in [5.41, 5.74) is 0. The van der Waals surface area contributed by atoms with Gasteiger partial charge in [-0.05, 0) is 38.5 Å². The first kappa shape index (κ1) is 34.1. The Morgan fingerprint density at radius 1 is 0.520 bits per heavy atom. The summed E-state index contributed by atoms with van der Waals surface area (Å²) in [5, 5.41) is 0. The summed E-state index contributed by atoms with van der Waals surface area (Å²) >= 11 is 0. The molecular weight excluding hydrogens is 513 g/mol. The SMILES string of the molecule is CCCCC[P+](=O)[O-].CCCCC[P+](=O)[O-].CCCCC[P+](=O)[O-].[Nd+3]. The maximum Gasteiger partial charge on any atom is 3.00 e. The second-order valence-corrected chi connectivity index (χ2v) is 8.63. The summed E-state index contributed by atoms with van der Waals surface area (Å²) in [5.74, 6) is 0. The van der Waals surface area contributed by atoms with Gasteiger partial charge < -0.3 is 14.7 Å². The summed E-state index contributed by atoms with van der Waals surface area (Å²) in [6, 6.07) is 0. The minimum atomic E-state index is -2.11. The van der Waals surface area contributed by atoms with Gasteiger partial charge in [0.05, 0.1) is 0 Å². The fraction of sp³-hybridized carbons (Fsp3) is 1.00. The molecule has 0 aliphatic heterocycles. The first-order valence-corrected chi connectivity index (χ1v) is 12.8. The Morgan fingerprint density at radius 2 is 0.720 bits per heavy atom. The predicted molar refractivity (Wildman–Crippen MR) is 96.0 cm³/mol. The molecule has 0 N–H and O–H groups in total. The molecule has 0 aromatic rings. The minimum Gasteiger partial charge on any atom is -0.596 e. The topological polar surface area (TPSA) is 120 Å². The van der Waals surface area contributed by atoms with E-state index < -0.39 is 24.1 Å². The minimum absolute atomic E-state index is 0. The molecule has 3 atom stereocenters. The third-order valence-electron chi connectivity index (χ3n) is 2.83. The molecule has 145 valence electrons. The van der Waals surface area contributed by atoms with Crippen LogP contribution in [0, 0.1) is 40.8 Å². The van der Waals surface area contributed by atoms with Crippen LogP contribution < -0.4 is 14.7 Å². The van der Waals surface area contributed by atoms with E-state index in [1.165, 1.54) is 0 Å². The quantitative estimate of drug-likeness (QED) is 0.271. The largest absolute Gasteiger partial charge is 3.00 e. The molecule has 25 heavy (non-hydrogen) atoms. The van der Waals surface area contributed by atoms with Gasteiger partial charge >= 0.3 is 64.9 Å². The Labute approximate surface area is 189 Å². The number of rotatable bonds is 12. The van der Waals surface area contributed by atoms with Gasteiger partial charge in [0.1, 0.15) is 18.5 Å². The van der Waals surface area contributed by atoms with Gasteiger partial charge in [0.25, 0.3) is 0 Å². The van der Waals surface area contributed by atoms with Crippen LogP contribution in [0.3, 0.4) is 0 Å². The molecule has 0 aliphatic rings. The summed E-state index contributed by atoms with van der Waals surface area (Å²) in [6.07, 6.45) is 9.93. The molecule has 0 rings (SSSR count). The van der Waals surface area contributed by atoms with E-state index in [9.17, 15) is 28.4 Å². The van der Waals surface area contributed by atoms with Gasteiger partial charge in [-0.25, -0.2) is 0 Å². The van der Waals surface area contributed by atoms with Gasteiger partial charge in [-0.2, -0.15) is 0 Å². The summed E-state index contributed by atoms with van der Waals surface area (Å²) in [4.78, 5) is 29.7. The summed E-state index contributed by atoms with van der Waals surface area (Å²) in [6.45, 7) is 6.16. The van der Waals surface area contributed by atoms with Crippen molar-refractivity contribution < 1.29 is 69.2 Å². The van der Waals surface area contributed by atoms with Crippen LogP contribution in [0.4, 0.5) is 0 Å². The number of hydrogen-bond donors (Lipinski definition) is 0. The summed E-state index contributed by atoms with van der Waals surface area (Å²) < 4.78 is 29.7. The zero-order valence-corrected chi connectivity index (χ0v) is 21.7. The Bertz CT molecular complexity index is 272. The van der Waals surface area contributed by atoms with Gasteiger partial charge in [0.15, 0.2) is 0 Å². The van der Waals surface area contributed by atoms with E-state index in [1.807, 2.05) is 0 Å². The second-order valence-electron chi connectivity index (χ2n) is 5.29. The van der Waals surface area contributed by atoms with Crippen LogP contribution >= 0.6 is 24.1 Å². The van der Waals surface area contributed by atoms with Gasteiger partial charge in [-0.3, -0.25) is 0 Å². The van der Waals surface area contributed by atoms with Gasteiger partial charge in [0, 0.05) is 0 Å². The normalized spacial score (nSPS) is 11.0. The third kappa shape index (κ3) is 51.7. The average Bonchev–Trinajstić information content (AvgIpc) is 2.48. The van der Waals surface area contributed by atoms with Crippen molar-refractivity contribution >= 4 is 24.1 Å². The van der Waals surface area contributed by atoms with Gasteiger partial charge in [-0.1, -0.05) is 53.7 Å². The Hall–Kier alpha value is 1.53. The van der Waals surface area contributed by atoms with Crippen molar-refractivity contribution in [3.8, 4) is 0 Å². The summed E-state index contributed by atoms with van der Waals surface area (Å²) in [7, 11) is -6.34. The van der Waals surface area contributed by atoms with Crippen molar-refractivity contribution in [2.75, 3.05) is 18.5 Å². The average molecular weight is 547 g/mol. The smallest absolute Gasteiger partial charge is 0.596 e. The van der Waals surface area contributed by atoms with Gasteiger partial charge in [0.2, 0.25) is 0 Å². The van der Waals surface area contributed by atoms with E-state index in [-0.39, 0.29) is 40.8 Å². The standard InChI is InChI=1S/3C5H11O2P.Nd/c3*1-2-3-4-5-8(6)7;/h3*2-5H2,1H3;/q;;;+3. The molecule has 0 aromatic carbocycles. The Kier molecular flexibility index (Phi) is 41.2. The van der Waals surface area contributed by atoms with Crippen molar-refractivity contribution in [1.29, 1.82) is 0 Å². The van der Waals surface area contributed by atoms with E-state index in [0.717, 1.165) is 57.8 Å². The first-order valence-electron chi connectivity index (χ1n) is 8.67. The molecule has 0 spiro atoms.